The van der Waals surface area contributed by atoms with Gasteiger partial charge in [-0.3, -0.25) is 4.79 Å². The minimum absolute atomic E-state index is 0.241. The van der Waals surface area contributed by atoms with Crippen molar-refractivity contribution in [1.82, 2.24) is 14.9 Å². The van der Waals surface area contributed by atoms with E-state index < -0.39 is 47.0 Å². The molecule has 0 aliphatic carbocycles. The summed E-state index contributed by atoms with van der Waals surface area (Å²) in [6, 6.07) is 4.56. The summed E-state index contributed by atoms with van der Waals surface area (Å²) in [5, 5.41) is 12.2. The number of aromatic nitrogens is 3. The Morgan fingerprint density at radius 3 is 2.18 bits per heavy atom. The van der Waals surface area contributed by atoms with E-state index in [1.165, 1.54) is 0 Å². The number of carbonyl (C=O) groups is 1. The number of pyridine rings is 1. The van der Waals surface area contributed by atoms with E-state index in [4.69, 9.17) is 9.94 Å². The molecule has 2 aromatic heterocycles. The zero-order chi connectivity index (χ0) is 24.4. The van der Waals surface area contributed by atoms with Crippen LogP contribution in [0.5, 0.6) is 17.2 Å². The van der Waals surface area contributed by atoms with Crippen molar-refractivity contribution in [2.75, 3.05) is 0 Å². The van der Waals surface area contributed by atoms with Gasteiger partial charge in [-0.15, -0.1) is 23.1 Å². The summed E-state index contributed by atoms with van der Waals surface area (Å²) in [4.78, 5) is 19.2. The number of ether oxygens (including phenoxy) is 2. The first-order chi connectivity index (χ1) is 15.3. The molecule has 2 heterocycles. The van der Waals surface area contributed by atoms with Gasteiger partial charge in [0.15, 0.2) is 17.3 Å². The van der Waals surface area contributed by atoms with Crippen LogP contribution < -0.4 is 14.8 Å². The number of benzene rings is 1. The van der Waals surface area contributed by atoms with Crippen LogP contribution in [0, 0.1) is 5.82 Å². The number of rotatable bonds is 4. The number of carbonyl (C=O) groups excluding carboxylic acids is 1. The van der Waals surface area contributed by atoms with Crippen LogP contribution in [0.25, 0.3) is 0 Å². The van der Waals surface area contributed by atoms with Gasteiger partial charge in [0.1, 0.15) is 17.1 Å². The van der Waals surface area contributed by atoms with E-state index in [-0.39, 0.29) is 11.1 Å². The molecular weight excluding hydrogens is 469 g/mol. The van der Waals surface area contributed by atoms with E-state index in [0.29, 0.717) is 11.0 Å². The molecule has 0 aliphatic heterocycles. The molecule has 0 saturated heterocycles. The molecule has 0 unspecified atom stereocenters. The molecule has 1 aromatic carbocycles. The third-order valence-corrected chi connectivity index (χ3v) is 3.67. The molecule has 0 bridgehead atoms. The molecule has 174 valence electrons. The van der Waals surface area contributed by atoms with E-state index in [0.717, 1.165) is 42.7 Å². The van der Waals surface area contributed by atoms with Crippen molar-refractivity contribution in [3.63, 3.8) is 0 Å². The molecule has 0 saturated carbocycles. The number of halogens is 7. The fraction of sp³-hybridized carbons (Fsp3) is 0.111. The molecular formula is C18H9F7N4O4. The maximum atomic E-state index is 14.7. The van der Waals surface area contributed by atoms with E-state index in [1.807, 2.05) is 0 Å². The molecule has 0 atom stereocenters. The van der Waals surface area contributed by atoms with Crippen LogP contribution in [-0.2, 0) is 6.18 Å². The molecule has 15 heteroatoms. The molecule has 1 amide bonds. The average Bonchev–Trinajstić information content (AvgIpc) is 2.69. The molecule has 3 rings (SSSR count). The van der Waals surface area contributed by atoms with Crippen molar-refractivity contribution >= 4 is 5.91 Å². The Morgan fingerprint density at radius 2 is 1.64 bits per heavy atom. The summed E-state index contributed by atoms with van der Waals surface area (Å²) in [5.74, 6) is -5.28. The second-order valence-electron chi connectivity index (χ2n) is 6.00. The molecule has 8 nitrogen and oxygen atoms in total. The zero-order valence-electron chi connectivity index (χ0n) is 15.7. The van der Waals surface area contributed by atoms with Crippen LogP contribution in [-0.4, -0.2) is 32.4 Å². The van der Waals surface area contributed by atoms with Crippen molar-refractivity contribution in [3.05, 3.63) is 71.4 Å². The molecule has 1 N–H and O–H groups in total. The van der Waals surface area contributed by atoms with Crippen LogP contribution in [0.3, 0.4) is 0 Å². The highest BCUT2D eigenvalue weighted by Gasteiger charge is 2.39. The van der Waals surface area contributed by atoms with Gasteiger partial charge in [-0.25, -0.2) is 14.4 Å². The lowest BCUT2D eigenvalue weighted by Gasteiger charge is -2.14. The quantitative estimate of drug-likeness (QED) is 0.448. The summed E-state index contributed by atoms with van der Waals surface area (Å²) in [6.45, 7) is 0. The van der Waals surface area contributed by atoms with Crippen LogP contribution >= 0.6 is 0 Å². The Hall–Kier alpha value is -4.17. The van der Waals surface area contributed by atoms with E-state index in [1.54, 1.807) is 0 Å². The second kappa shape index (κ2) is 8.76. The maximum absolute atomic E-state index is 14.7. The number of alkyl halides is 6. The molecule has 0 fully saturated rings. The Bertz CT molecular complexity index is 1220. The normalized spacial score (nSPS) is 12.5. The lowest BCUT2D eigenvalue weighted by molar-refractivity contribution is -0.274. The highest BCUT2D eigenvalue weighted by Crippen LogP contribution is 2.36. The van der Waals surface area contributed by atoms with Gasteiger partial charge in [0.25, 0.3) is 5.91 Å². The van der Waals surface area contributed by atoms with Gasteiger partial charge in [0.2, 0.25) is 0 Å². The molecule has 0 aliphatic rings. The topological polar surface area (TPSA) is 98.8 Å². The van der Waals surface area contributed by atoms with Gasteiger partial charge in [-0.2, -0.15) is 13.2 Å². The van der Waals surface area contributed by atoms with Crippen molar-refractivity contribution < 1.29 is 50.2 Å². The highest BCUT2D eigenvalue weighted by molar-refractivity contribution is 5.98. The Balaban J connectivity index is 2.02. The average molecular weight is 478 g/mol. The van der Waals surface area contributed by atoms with E-state index in [9.17, 15) is 35.5 Å². The number of hydrogen-bond donors (Lipinski definition) is 1. The first-order valence-corrected chi connectivity index (χ1v) is 8.46. The lowest BCUT2D eigenvalue weighted by Crippen LogP contribution is -2.17. The monoisotopic (exact) mass is 478 g/mol. The fourth-order valence-corrected chi connectivity index (χ4v) is 2.36. The fourth-order valence-electron chi connectivity index (χ4n) is 2.36. The number of hydrogen-bond acceptors (Lipinski definition) is 6. The second-order valence-corrected chi connectivity index (χ2v) is 6.00. The molecule has 3 aromatic rings. The summed E-state index contributed by atoms with van der Waals surface area (Å²) in [7, 11) is 0. The first kappa shape index (κ1) is 23.5. The predicted octanol–water partition coefficient (Wildman–Crippen LogP) is 4.11. The molecule has 0 spiro atoms. The van der Waals surface area contributed by atoms with Crippen molar-refractivity contribution in [3.8, 4) is 17.2 Å². The van der Waals surface area contributed by atoms with Crippen LogP contribution in [0.15, 0.2) is 53.9 Å². The van der Waals surface area contributed by atoms with Gasteiger partial charge < -0.3 is 14.7 Å². The maximum Gasteiger partial charge on any atom is 0.573 e. The third-order valence-electron chi connectivity index (χ3n) is 3.67. The SMILES string of the molecule is O=C(N=c1ccn(O)nc1)c1c(Oc2ccc(OC(F)(F)F)cc2)cnc(C(F)(F)F)c1F. The largest absolute Gasteiger partial charge is 0.573 e. The van der Waals surface area contributed by atoms with Crippen LogP contribution in [0.2, 0.25) is 0 Å². The van der Waals surface area contributed by atoms with Gasteiger partial charge >= 0.3 is 12.5 Å². The smallest absolute Gasteiger partial charge is 0.455 e. The van der Waals surface area contributed by atoms with Gasteiger partial charge in [0, 0.05) is 0 Å². The molecule has 0 radical (unpaired) electrons. The highest BCUT2D eigenvalue weighted by atomic mass is 19.4. The zero-order valence-corrected chi connectivity index (χ0v) is 15.7. The Morgan fingerprint density at radius 1 is 1.00 bits per heavy atom. The van der Waals surface area contributed by atoms with E-state index >= 15 is 0 Å². The minimum Gasteiger partial charge on any atom is -0.455 e. The Kier molecular flexibility index (Phi) is 6.23. The minimum atomic E-state index is -5.26. The molecule has 33 heavy (non-hydrogen) atoms. The standard InChI is InChI=1S/C18H9F7N4O4/c19-14-13(16(30)28-9-5-6-29(31)27-7-9)12(8-26-15(14)17(20,21)22)32-10-1-3-11(4-2-10)33-18(23,24)25/h1-8,31H. The van der Waals surface area contributed by atoms with Gasteiger partial charge in [-0.05, 0) is 30.3 Å². The first-order valence-electron chi connectivity index (χ1n) is 8.46. The van der Waals surface area contributed by atoms with E-state index in [2.05, 4.69) is 19.8 Å². The van der Waals surface area contributed by atoms with Crippen molar-refractivity contribution in [2.24, 2.45) is 4.99 Å². The van der Waals surface area contributed by atoms with Gasteiger partial charge in [-0.1, -0.05) is 0 Å². The van der Waals surface area contributed by atoms with Crippen LogP contribution in [0.4, 0.5) is 30.7 Å². The summed E-state index contributed by atoms with van der Waals surface area (Å²) in [6.07, 6.45) is -8.00. The van der Waals surface area contributed by atoms with Gasteiger partial charge in [0.05, 0.1) is 23.9 Å². The van der Waals surface area contributed by atoms with Crippen molar-refractivity contribution in [2.45, 2.75) is 12.5 Å². The van der Waals surface area contributed by atoms with Crippen molar-refractivity contribution in [1.29, 1.82) is 0 Å². The number of amides is 1. The Labute approximate surface area is 178 Å². The summed E-state index contributed by atoms with van der Waals surface area (Å²) in [5.41, 5.74) is -3.25. The summed E-state index contributed by atoms with van der Waals surface area (Å²) >= 11 is 0. The third kappa shape index (κ3) is 5.96. The van der Waals surface area contributed by atoms with Crippen LogP contribution in [0.1, 0.15) is 16.1 Å². The lowest BCUT2D eigenvalue weighted by atomic mass is 10.1. The predicted molar refractivity (Wildman–Crippen MR) is 91.7 cm³/mol. The number of nitrogens with zero attached hydrogens (tertiary/aromatic N) is 4. The summed E-state index contributed by atoms with van der Waals surface area (Å²) < 4.78 is 99.4.